The molecule has 0 spiro atoms. The number of benzene rings is 1. The molecule has 0 saturated heterocycles. The van der Waals surface area contributed by atoms with Crippen molar-refractivity contribution in [1.82, 2.24) is 0 Å². The van der Waals surface area contributed by atoms with E-state index in [-0.39, 0.29) is 6.61 Å². The quantitative estimate of drug-likeness (QED) is 0.771. The summed E-state index contributed by atoms with van der Waals surface area (Å²) in [7, 11) is 0. The van der Waals surface area contributed by atoms with Crippen molar-refractivity contribution in [2.75, 3.05) is 0 Å². The molecule has 0 fully saturated rings. The number of hydrogen-bond donors (Lipinski definition) is 0. The molecule has 0 aliphatic carbocycles. The fourth-order valence-corrected chi connectivity index (χ4v) is 0.972. The zero-order valence-electron chi connectivity index (χ0n) is 8.63. The third-order valence-electron chi connectivity index (χ3n) is 1.80. The summed E-state index contributed by atoms with van der Waals surface area (Å²) in [5, 5.41) is 0. The SMILES string of the molecule is O=[C]OCc1ccc(OC(F)(F)C(F)(F)F)cc1. The molecule has 0 bridgehead atoms. The summed E-state index contributed by atoms with van der Waals surface area (Å²) in [6, 6.07) is 4.17. The van der Waals surface area contributed by atoms with Crippen LogP contribution in [-0.2, 0) is 16.1 Å². The molecule has 1 aromatic rings. The van der Waals surface area contributed by atoms with Gasteiger partial charge in [-0.3, -0.25) is 0 Å². The van der Waals surface area contributed by atoms with Gasteiger partial charge < -0.3 is 9.47 Å². The molecule has 3 nitrogen and oxygen atoms in total. The Balaban J connectivity index is 2.72. The summed E-state index contributed by atoms with van der Waals surface area (Å²) in [6.07, 6.45) is -11.1. The molecule has 0 aliphatic heterocycles. The maximum atomic E-state index is 12.5. The van der Waals surface area contributed by atoms with E-state index in [0.717, 1.165) is 18.6 Å². The second-order valence-corrected chi connectivity index (χ2v) is 3.13. The van der Waals surface area contributed by atoms with Crippen molar-refractivity contribution in [3.63, 3.8) is 0 Å². The van der Waals surface area contributed by atoms with Gasteiger partial charge in [-0.15, -0.1) is 0 Å². The molecule has 0 unspecified atom stereocenters. The monoisotopic (exact) mass is 269 g/mol. The molecular weight excluding hydrogens is 263 g/mol. The van der Waals surface area contributed by atoms with Crippen LogP contribution in [0.1, 0.15) is 5.56 Å². The Labute approximate surface area is 98.1 Å². The molecule has 0 heterocycles. The van der Waals surface area contributed by atoms with Crippen molar-refractivity contribution < 1.29 is 36.2 Å². The van der Waals surface area contributed by atoms with E-state index in [4.69, 9.17) is 0 Å². The van der Waals surface area contributed by atoms with E-state index in [9.17, 15) is 26.7 Å². The van der Waals surface area contributed by atoms with Crippen LogP contribution in [0.2, 0.25) is 0 Å². The predicted octanol–water partition coefficient (Wildman–Crippen LogP) is 2.80. The summed E-state index contributed by atoms with van der Waals surface area (Å²) in [5.41, 5.74) is 0.390. The average Bonchev–Trinajstić information content (AvgIpc) is 2.26. The predicted molar refractivity (Wildman–Crippen MR) is 48.6 cm³/mol. The zero-order valence-corrected chi connectivity index (χ0v) is 8.63. The van der Waals surface area contributed by atoms with Crippen LogP contribution in [0.15, 0.2) is 24.3 Å². The molecule has 0 aliphatic rings. The van der Waals surface area contributed by atoms with Gasteiger partial charge in [0, 0.05) is 0 Å². The van der Waals surface area contributed by atoms with Crippen molar-refractivity contribution in [2.24, 2.45) is 0 Å². The maximum Gasteiger partial charge on any atom is 0.499 e. The highest BCUT2D eigenvalue weighted by molar-refractivity contribution is 5.38. The second kappa shape index (κ2) is 5.19. The number of ether oxygens (including phenoxy) is 2. The van der Waals surface area contributed by atoms with Crippen LogP contribution >= 0.6 is 0 Å². The first-order chi connectivity index (χ1) is 8.26. The molecule has 99 valence electrons. The Morgan fingerprint density at radius 2 is 1.61 bits per heavy atom. The fourth-order valence-electron chi connectivity index (χ4n) is 0.972. The number of hydrogen-bond acceptors (Lipinski definition) is 3. The third kappa shape index (κ3) is 3.57. The highest BCUT2D eigenvalue weighted by atomic mass is 19.4. The normalized spacial score (nSPS) is 12.1. The van der Waals surface area contributed by atoms with Crippen LogP contribution in [0.4, 0.5) is 22.0 Å². The largest absolute Gasteiger partial charge is 0.499 e. The Morgan fingerprint density at radius 3 is 2.06 bits per heavy atom. The molecule has 1 radical (unpaired) electrons. The van der Waals surface area contributed by atoms with Crippen molar-refractivity contribution >= 4 is 6.47 Å². The van der Waals surface area contributed by atoms with Gasteiger partial charge in [0.15, 0.2) is 0 Å². The lowest BCUT2D eigenvalue weighted by molar-refractivity contribution is -0.360. The van der Waals surface area contributed by atoms with Crippen molar-refractivity contribution in [2.45, 2.75) is 18.9 Å². The first kappa shape index (κ1) is 14.2. The van der Waals surface area contributed by atoms with Crippen LogP contribution < -0.4 is 4.74 Å². The van der Waals surface area contributed by atoms with E-state index in [2.05, 4.69) is 9.47 Å². The van der Waals surface area contributed by atoms with Gasteiger partial charge in [-0.25, -0.2) is 4.79 Å². The minimum absolute atomic E-state index is 0.167. The molecule has 1 rings (SSSR count). The van der Waals surface area contributed by atoms with Crippen LogP contribution in [-0.4, -0.2) is 18.8 Å². The molecule has 0 amide bonds. The average molecular weight is 269 g/mol. The topological polar surface area (TPSA) is 35.5 Å². The van der Waals surface area contributed by atoms with E-state index in [1.54, 1.807) is 0 Å². The Morgan fingerprint density at radius 1 is 1.06 bits per heavy atom. The number of rotatable bonds is 5. The molecule has 1 aromatic carbocycles. The number of halogens is 5. The smallest absolute Gasteiger partial charge is 0.452 e. The summed E-state index contributed by atoms with van der Waals surface area (Å²) in [6.45, 7) is 0.972. The number of carbonyl (C=O) groups excluding carboxylic acids is 1. The lowest BCUT2D eigenvalue weighted by atomic mass is 10.2. The molecule has 0 N–H and O–H groups in total. The fraction of sp³-hybridized carbons (Fsp3) is 0.300. The Hall–Kier alpha value is -1.86. The van der Waals surface area contributed by atoms with Gasteiger partial charge in [-0.05, 0) is 17.7 Å². The van der Waals surface area contributed by atoms with E-state index in [1.807, 2.05) is 0 Å². The highest BCUT2D eigenvalue weighted by Gasteiger charge is 2.61. The molecule has 0 aromatic heterocycles. The molecule has 18 heavy (non-hydrogen) atoms. The van der Waals surface area contributed by atoms with E-state index >= 15 is 0 Å². The Bertz CT molecular complexity index is 399. The zero-order chi connectivity index (χ0) is 13.8. The molecule has 0 saturated carbocycles. The molecule has 0 atom stereocenters. The van der Waals surface area contributed by atoms with Crippen molar-refractivity contribution in [3.8, 4) is 5.75 Å². The van der Waals surface area contributed by atoms with Crippen molar-refractivity contribution in [3.05, 3.63) is 29.8 Å². The second-order valence-electron chi connectivity index (χ2n) is 3.13. The lowest BCUT2D eigenvalue weighted by Crippen LogP contribution is -2.41. The standard InChI is InChI=1S/C10H6F5O3/c11-9(12,13)10(14,15)18-8-3-1-7(2-4-8)5-17-6-16/h1-4H,5H2. The van der Waals surface area contributed by atoms with Crippen LogP contribution in [0.5, 0.6) is 5.75 Å². The maximum absolute atomic E-state index is 12.5. The van der Waals surface area contributed by atoms with Gasteiger partial charge in [-0.2, -0.15) is 22.0 Å². The highest BCUT2D eigenvalue weighted by Crippen LogP contribution is 2.37. The van der Waals surface area contributed by atoms with E-state index in [0.29, 0.717) is 5.56 Å². The van der Waals surface area contributed by atoms with Crippen molar-refractivity contribution in [1.29, 1.82) is 0 Å². The van der Waals surface area contributed by atoms with Gasteiger partial charge in [0.25, 0.3) is 0 Å². The molecule has 8 heteroatoms. The number of alkyl halides is 5. The summed E-state index contributed by atoms with van der Waals surface area (Å²) in [4.78, 5) is 9.75. The van der Waals surface area contributed by atoms with Crippen LogP contribution in [0.25, 0.3) is 0 Å². The Kier molecular flexibility index (Phi) is 4.10. The van der Waals surface area contributed by atoms with E-state index < -0.39 is 18.0 Å². The van der Waals surface area contributed by atoms with Gasteiger partial charge in [0.1, 0.15) is 12.4 Å². The van der Waals surface area contributed by atoms with E-state index in [1.165, 1.54) is 12.1 Å². The minimum atomic E-state index is -5.79. The van der Waals surface area contributed by atoms with Crippen LogP contribution in [0.3, 0.4) is 0 Å². The summed E-state index contributed by atoms with van der Waals surface area (Å²) < 4.78 is 68.3. The summed E-state index contributed by atoms with van der Waals surface area (Å²) in [5.74, 6) is -0.656. The molecular formula is C10H6F5O3. The van der Waals surface area contributed by atoms with Gasteiger partial charge in [0.2, 0.25) is 0 Å². The van der Waals surface area contributed by atoms with Gasteiger partial charge >= 0.3 is 18.8 Å². The minimum Gasteiger partial charge on any atom is -0.452 e. The van der Waals surface area contributed by atoms with Gasteiger partial charge in [-0.1, -0.05) is 12.1 Å². The van der Waals surface area contributed by atoms with Crippen LogP contribution in [0, 0.1) is 0 Å². The van der Waals surface area contributed by atoms with Gasteiger partial charge in [0.05, 0.1) is 0 Å². The first-order valence-electron chi connectivity index (χ1n) is 4.48. The third-order valence-corrected chi connectivity index (χ3v) is 1.80. The first-order valence-corrected chi connectivity index (χ1v) is 4.48. The lowest BCUT2D eigenvalue weighted by Gasteiger charge is -2.20. The summed E-state index contributed by atoms with van der Waals surface area (Å²) >= 11 is 0.